The average Bonchev–Trinajstić information content (AvgIpc) is 3.05. The molecule has 26 heavy (non-hydrogen) atoms. The Morgan fingerprint density at radius 1 is 1.00 bits per heavy atom. The molecule has 0 aliphatic rings. The van der Waals surface area contributed by atoms with Gasteiger partial charge in [0.15, 0.2) is 0 Å². The summed E-state index contributed by atoms with van der Waals surface area (Å²) in [5.41, 5.74) is 4.53. The van der Waals surface area contributed by atoms with Gasteiger partial charge in [-0.1, -0.05) is 60.2 Å². The van der Waals surface area contributed by atoms with E-state index in [4.69, 9.17) is 0 Å². The molecular weight excluding hydrogens is 326 g/mol. The standard InChI is InChI=1S/C21H19N3O2/c1-15-7-9-17(10-8-15)19-18(14-25)20-21(26)23(11-12-24(20)22-19)13-16-5-3-2-4-6-16/h2-12,25H,13-14H2,1H3. The minimum Gasteiger partial charge on any atom is -0.392 e. The van der Waals surface area contributed by atoms with Crippen LogP contribution in [0.5, 0.6) is 0 Å². The number of benzene rings is 2. The van der Waals surface area contributed by atoms with Crippen molar-refractivity contribution >= 4 is 5.52 Å². The predicted molar refractivity (Wildman–Crippen MR) is 101 cm³/mol. The second-order valence-corrected chi connectivity index (χ2v) is 6.36. The van der Waals surface area contributed by atoms with Crippen molar-refractivity contribution in [1.29, 1.82) is 0 Å². The first-order valence-electron chi connectivity index (χ1n) is 8.50. The maximum Gasteiger partial charge on any atom is 0.277 e. The molecule has 0 saturated carbocycles. The van der Waals surface area contributed by atoms with E-state index >= 15 is 0 Å². The van der Waals surface area contributed by atoms with Crippen LogP contribution in [0.3, 0.4) is 0 Å². The van der Waals surface area contributed by atoms with Crippen molar-refractivity contribution < 1.29 is 5.11 Å². The number of hydrogen-bond donors (Lipinski definition) is 1. The van der Waals surface area contributed by atoms with Crippen molar-refractivity contribution in [3.8, 4) is 11.3 Å². The van der Waals surface area contributed by atoms with Crippen molar-refractivity contribution in [2.45, 2.75) is 20.1 Å². The summed E-state index contributed by atoms with van der Waals surface area (Å²) in [6.45, 7) is 2.26. The molecule has 0 bridgehead atoms. The van der Waals surface area contributed by atoms with E-state index in [-0.39, 0.29) is 12.2 Å². The molecule has 0 unspecified atom stereocenters. The highest BCUT2D eigenvalue weighted by Gasteiger charge is 2.17. The minimum absolute atomic E-state index is 0.161. The lowest BCUT2D eigenvalue weighted by molar-refractivity contribution is 0.283. The molecule has 4 rings (SSSR count). The highest BCUT2D eigenvalue weighted by Crippen LogP contribution is 2.25. The number of rotatable bonds is 4. The van der Waals surface area contributed by atoms with Gasteiger partial charge >= 0.3 is 0 Å². The van der Waals surface area contributed by atoms with Crippen LogP contribution in [0.25, 0.3) is 16.8 Å². The van der Waals surface area contributed by atoms with Gasteiger partial charge in [0, 0.05) is 23.5 Å². The Morgan fingerprint density at radius 2 is 1.73 bits per heavy atom. The van der Waals surface area contributed by atoms with Gasteiger partial charge in [-0.3, -0.25) is 4.79 Å². The van der Waals surface area contributed by atoms with Crippen LogP contribution in [0.15, 0.2) is 71.8 Å². The maximum atomic E-state index is 13.0. The monoisotopic (exact) mass is 345 g/mol. The van der Waals surface area contributed by atoms with Crippen LogP contribution < -0.4 is 5.56 Å². The third-order valence-electron chi connectivity index (χ3n) is 4.54. The Morgan fingerprint density at radius 3 is 2.42 bits per heavy atom. The summed E-state index contributed by atoms with van der Waals surface area (Å²) in [5.74, 6) is 0. The number of aliphatic hydroxyl groups is 1. The number of aryl methyl sites for hydroxylation is 1. The molecule has 0 spiro atoms. The van der Waals surface area contributed by atoms with Gasteiger partial charge in [-0.15, -0.1) is 0 Å². The summed E-state index contributed by atoms with van der Waals surface area (Å²) in [6.07, 6.45) is 3.49. The van der Waals surface area contributed by atoms with E-state index in [0.29, 0.717) is 23.3 Å². The lowest BCUT2D eigenvalue weighted by Crippen LogP contribution is -2.22. The Kier molecular flexibility index (Phi) is 4.14. The van der Waals surface area contributed by atoms with Crippen LogP contribution in [0, 0.1) is 6.92 Å². The predicted octanol–water partition coefficient (Wildman–Crippen LogP) is 3.01. The van der Waals surface area contributed by atoms with Gasteiger partial charge in [0.2, 0.25) is 0 Å². The molecule has 2 aromatic heterocycles. The van der Waals surface area contributed by atoms with Crippen LogP contribution in [-0.4, -0.2) is 19.3 Å². The zero-order valence-corrected chi connectivity index (χ0v) is 14.5. The van der Waals surface area contributed by atoms with Crippen molar-refractivity contribution in [2.75, 3.05) is 0 Å². The van der Waals surface area contributed by atoms with E-state index in [1.54, 1.807) is 21.5 Å². The van der Waals surface area contributed by atoms with Crippen LogP contribution >= 0.6 is 0 Å². The molecule has 0 aliphatic carbocycles. The fourth-order valence-electron chi connectivity index (χ4n) is 3.15. The zero-order valence-electron chi connectivity index (χ0n) is 14.5. The van der Waals surface area contributed by atoms with Gasteiger partial charge in [0.25, 0.3) is 5.56 Å². The van der Waals surface area contributed by atoms with E-state index < -0.39 is 0 Å². The Labute approximate surface area is 150 Å². The van der Waals surface area contributed by atoms with Gasteiger partial charge in [-0.2, -0.15) is 5.10 Å². The summed E-state index contributed by atoms with van der Waals surface area (Å²) < 4.78 is 3.20. The Hall–Kier alpha value is -3.18. The molecule has 0 atom stereocenters. The molecule has 130 valence electrons. The molecule has 0 aliphatic heterocycles. The number of fused-ring (bicyclic) bond motifs is 1. The normalized spacial score (nSPS) is 11.2. The van der Waals surface area contributed by atoms with Crippen LogP contribution in [0.4, 0.5) is 0 Å². The first kappa shape index (κ1) is 16.3. The van der Waals surface area contributed by atoms with Crippen molar-refractivity contribution in [2.24, 2.45) is 0 Å². The lowest BCUT2D eigenvalue weighted by atomic mass is 10.1. The lowest BCUT2D eigenvalue weighted by Gasteiger charge is -2.06. The van der Waals surface area contributed by atoms with Gasteiger partial charge in [0.05, 0.1) is 18.8 Å². The number of nitrogens with zero attached hydrogens (tertiary/aromatic N) is 3. The van der Waals surface area contributed by atoms with Crippen LogP contribution in [-0.2, 0) is 13.2 Å². The van der Waals surface area contributed by atoms with E-state index in [1.807, 2.05) is 61.5 Å². The molecule has 1 N–H and O–H groups in total. The average molecular weight is 345 g/mol. The zero-order chi connectivity index (χ0) is 18.1. The number of aromatic nitrogens is 3. The molecule has 2 aromatic carbocycles. The topological polar surface area (TPSA) is 59.5 Å². The van der Waals surface area contributed by atoms with E-state index in [1.165, 1.54) is 0 Å². The van der Waals surface area contributed by atoms with E-state index in [0.717, 1.165) is 16.7 Å². The molecule has 0 fully saturated rings. The van der Waals surface area contributed by atoms with Crippen molar-refractivity contribution in [3.05, 3.63) is 94.0 Å². The molecule has 0 amide bonds. The molecular formula is C21H19N3O2. The van der Waals surface area contributed by atoms with Gasteiger partial charge in [-0.25, -0.2) is 4.52 Å². The van der Waals surface area contributed by atoms with Crippen molar-refractivity contribution in [3.63, 3.8) is 0 Å². The fraction of sp³-hybridized carbons (Fsp3) is 0.143. The summed E-state index contributed by atoms with van der Waals surface area (Å²) in [7, 11) is 0. The first-order valence-corrected chi connectivity index (χ1v) is 8.50. The molecule has 5 heteroatoms. The molecule has 0 saturated heterocycles. The fourth-order valence-corrected chi connectivity index (χ4v) is 3.15. The first-order chi connectivity index (χ1) is 12.7. The molecule has 4 aromatic rings. The molecule has 5 nitrogen and oxygen atoms in total. The third kappa shape index (κ3) is 2.82. The second kappa shape index (κ2) is 6.61. The highest BCUT2D eigenvalue weighted by molar-refractivity contribution is 5.72. The summed E-state index contributed by atoms with van der Waals surface area (Å²) in [5, 5.41) is 14.5. The van der Waals surface area contributed by atoms with Crippen molar-refractivity contribution in [1.82, 2.24) is 14.2 Å². The Balaban J connectivity index is 1.86. The third-order valence-corrected chi connectivity index (χ3v) is 4.54. The summed E-state index contributed by atoms with van der Waals surface area (Å²) in [6, 6.07) is 17.7. The van der Waals surface area contributed by atoms with E-state index in [9.17, 15) is 9.90 Å². The second-order valence-electron chi connectivity index (χ2n) is 6.36. The van der Waals surface area contributed by atoms with Gasteiger partial charge < -0.3 is 9.67 Å². The molecule has 0 radical (unpaired) electrons. The Bertz CT molecular complexity index is 1110. The molecule has 2 heterocycles. The van der Waals surface area contributed by atoms with Crippen LogP contribution in [0.2, 0.25) is 0 Å². The minimum atomic E-state index is -0.239. The highest BCUT2D eigenvalue weighted by atomic mass is 16.3. The smallest absolute Gasteiger partial charge is 0.277 e. The summed E-state index contributed by atoms with van der Waals surface area (Å²) >= 11 is 0. The number of aliphatic hydroxyl groups excluding tert-OH is 1. The van der Waals surface area contributed by atoms with E-state index in [2.05, 4.69) is 5.10 Å². The number of hydrogen-bond acceptors (Lipinski definition) is 3. The summed E-state index contributed by atoms with van der Waals surface area (Å²) in [4.78, 5) is 13.0. The van der Waals surface area contributed by atoms with Gasteiger partial charge in [0.1, 0.15) is 5.52 Å². The van der Waals surface area contributed by atoms with Gasteiger partial charge in [-0.05, 0) is 12.5 Å². The quantitative estimate of drug-likeness (QED) is 0.618. The maximum absolute atomic E-state index is 13.0. The van der Waals surface area contributed by atoms with Crippen LogP contribution in [0.1, 0.15) is 16.7 Å². The largest absolute Gasteiger partial charge is 0.392 e. The SMILES string of the molecule is Cc1ccc(-c2nn3ccn(Cc4ccccc4)c(=O)c3c2CO)cc1.